The van der Waals surface area contributed by atoms with E-state index in [9.17, 15) is 4.79 Å². The molecule has 1 saturated heterocycles. The molecule has 0 N–H and O–H groups in total. The van der Waals surface area contributed by atoms with E-state index in [2.05, 4.69) is 35.8 Å². The highest BCUT2D eigenvalue weighted by molar-refractivity contribution is 5.97. The second-order valence-corrected chi connectivity index (χ2v) is 7.33. The molecule has 5 nitrogen and oxygen atoms in total. The van der Waals surface area contributed by atoms with Crippen molar-refractivity contribution in [1.29, 1.82) is 0 Å². The van der Waals surface area contributed by atoms with Gasteiger partial charge < -0.3 is 18.9 Å². The third-order valence-corrected chi connectivity index (χ3v) is 5.45. The number of nitrogens with zero attached hydrogens (tertiary/aromatic N) is 2. The molecule has 3 aromatic rings. The number of aromatic nitrogens is 1. The van der Waals surface area contributed by atoms with Crippen LogP contribution in [0.2, 0.25) is 0 Å². The fourth-order valence-corrected chi connectivity index (χ4v) is 3.76. The first kappa shape index (κ1) is 19.3. The van der Waals surface area contributed by atoms with E-state index >= 15 is 0 Å². The number of aryl methyl sites for hydroxylation is 1. The molecule has 0 saturated carbocycles. The van der Waals surface area contributed by atoms with Crippen molar-refractivity contribution >= 4 is 5.91 Å². The number of amides is 1. The van der Waals surface area contributed by atoms with Gasteiger partial charge >= 0.3 is 0 Å². The third-order valence-electron chi connectivity index (χ3n) is 5.45. The summed E-state index contributed by atoms with van der Waals surface area (Å²) >= 11 is 0. The highest BCUT2D eigenvalue weighted by atomic mass is 16.5. The summed E-state index contributed by atoms with van der Waals surface area (Å²) in [6, 6.07) is 18.3. The SMILES string of the molecule is COc1ccc(-c2cc(C(=O)N3CCOCC3)c(C)n2-c2ccc(C)cc2)cc1. The van der Waals surface area contributed by atoms with Crippen LogP contribution in [-0.4, -0.2) is 48.8 Å². The molecule has 1 fully saturated rings. The fraction of sp³-hybridized carbons (Fsp3) is 0.292. The predicted molar refractivity (Wildman–Crippen MR) is 114 cm³/mol. The van der Waals surface area contributed by atoms with Crippen molar-refractivity contribution in [3.8, 4) is 22.7 Å². The Balaban J connectivity index is 1.83. The monoisotopic (exact) mass is 390 g/mol. The van der Waals surface area contributed by atoms with Gasteiger partial charge in [-0.05, 0) is 61.9 Å². The second-order valence-electron chi connectivity index (χ2n) is 7.33. The molecule has 2 aromatic carbocycles. The highest BCUT2D eigenvalue weighted by Gasteiger charge is 2.25. The van der Waals surface area contributed by atoms with Crippen LogP contribution >= 0.6 is 0 Å². The quantitative estimate of drug-likeness (QED) is 0.669. The van der Waals surface area contributed by atoms with Crippen LogP contribution in [0.25, 0.3) is 16.9 Å². The number of carbonyl (C=O) groups is 1. The maximum Gasteiger partial charge on any atom is 0.255 e. The molecule has 0 spiro atoms. The lowest BCUT2D eigenvalue weighted by Gasteiger charge is -2.26. The summed E-state index contributed by atoms with van der Waals surface area (Å²) in [5.41, 5.74) is 5.95. The lowest BCUT2D eigenvalue weighted by Crippen LogP contribution is -2.40. The standard InChI is InChI=1S/C24H26N2O3/c1-17-4-8-20(9-5-17)26-18(2)22(24(27)25-12-14-29-15-13-25)16-23(26)19-6-10-21(28-3)11-7-19/h4-11,16H,12-15H2,1-3H3. The van der Waals surface area contributed by atoms with Gasteiger partial charge in [0.25, 0.3) is 5.91 Å². The predicted octanol–water partition coefficient (Wildman–Crippen LogP) is 4.24. The zero-order chi connectivity index (χ0) is 20.4. The van der Waals surface area contributed by atoms with E-state index in [1.807, 2.05) is 42.2 Å². The highest BCUT2D eigenvalue weighted by Crippen LogP contribution is 2.31. The Morgan fingerprint density at radius 2 is 1.62 bits per heavy atom. The minimum absolute atomic E-state index is 0.0615. The number of carbonyl (C=O) groups excluding carboxylic acids is 1. The van der Waals surface area contributed by atoms with E-state index < -0.39 is 0 Å². The molecule has 5 heteroatoms. The number of hydrogen-bond donors (Lipinski definition) is 0. The Hall–Kier alpha value is -3.05. The van der Waals surface area contributed by atoms with Crippen molar-refractivity contribution in [3.05, 3.63) is 71.4 Å². The van der Waals surface area contributed by atoms with E-state index in [4.69, 9.17) is 9.47 Å². The maximum absolute atomic E-state index is 13.2. The smallest absolute Gasteiger partial charge is 0.255 e. The lowest BCUT2D eigenvalue weighted by molar-refractivity contribution is 0.0302. The molecule has 1 aliphatic rings. The molecule has 150 valence electrons. The number of hydrogen-bond acceptors (Lipinski definition) is 3. The molecular weight excluding hydrogens is 364 g/mol. The Labute approximate surface area is 171 Å². The zero-order valence-electron chi connectivity index (χ0n) is 17.1. The Morgan fingerprint density at radius 3 is 2.24 bits per heavy atom. The van der Waals surface area contributed by atoms with Crippen LogP contribution in [0.3, 0.4) is 0 Å². The van der Waals surface area contributed by atoms with Crippen molar-refractivity contribution in [2.45, 2.75) is 13.8 Å². The topological polar surface area (TPSA) is 43.7 Å². The summed E-state index contributed by atoms with van der Waals surface area (Å²) in [5.74, 6) is 0.870. The molecule has 29 heavy (non-hydrogen) atoms. The van der Waals surface area contributed by atoms with Gasteiger partial charge in [-0.25, -0.2) is 0 Å². The van der Waals surface area contributed by atoms with Crippen LogP contribution in [0.15, 0.2) is 54.6 Å². The van der Waals surface area contributed by atoms with Gasteiger partial charge in [-0.15, -0.1) is 0 Å². The first-order chi connectivity index (χ1) is 14.1. The van der Waals surface area contributed by atoms with Crippen LogP contribution in [0.4, 0.5) is 0 Å². The largest absolute Gasteiger partial charge is 0.497 e. The van der Waals surface area contributed by atoms with Gasteiger partial charge in [-0.1, -0.05) is 17.7 Å². The molecule has 2 heterocycles. The number of ether oxygens (including phenoxy) is 2. The van der Waals surface area contributed by atoms with Crippen molar-refractivity contribution < 1.29 is 14.3 Å². The Kier molecular flexibility index (Phi) is 5.41. The van der Waals surface area contributed by atoms with Gasteiger partial charge in [-0.3, -0.25) is 4.79 Å². The van der Waals surface area contributed by atoms with Gasteiger partial charge in [-0.2, -0.15) is 0 Å². The summed E-state index contributed by atoms with van der Waals surface area (Å²) < 4.78 is 12.9. The second kappa shape index (κ2) is 8.13. The average Bonchev–Trinajstić information content (AvgIpc) is 3.11. The first-order valence-corrected chi connectivity index (χ1v) is 9.89. The van der Waals surface area contributed by atoms with Crippen LogP contribution in [-0.2, 0) is 4.74 Å². The fourth-order valence-electron chi connectivity index (χ4n) is 3.76. The van der Waals surface area contributed by atoms with E-state index in [1.54, 1.807) is 7.11 Å². The Bertz CT molecular complexity index is 998. The number of methoxy groups -OCH3 is 1. The maximum atomic E-state index is 13.2. The van der Waals surface area contributed by atoms with E-state index in [-0.39, 0.29) is 5.91 Å². The molecule has 1 amide bonds. The summed E-state index contributed by atoms with van der Waals surface area (Å²) in [7, 11) is 1.66. The van der Waals surface area contributed by atoms with Crippen molar-refractivity contribution in [1.82, 2.24) is 9.47 Å². The molecule has 1 aromatic heterocycles. The first-order valence-electron chi connectivity index (χ1n) is 9.89. The van der Waals surface area contributed by atoms with E-state index in [0.29, 0.717) is 26.3 Å². The third kappa shape index (κ3) is 3.78. The number of benzene rings is 2. The number of rotatable bonds is 4. The summed E-state index contributed by atoms with van der Waals surface area (Å²) in [6.07, 6.45) is 0. The molecule has 1 aliphatic heterocycles. The number of morpholine rings is 1. The summed E-state index contributed by atoms with van der Waals surface area (Å²) in [4.78, 5) is 15.1. The van der Waals surface area contributed by atoms with Gasteiger partial charge in [0.2, 0.25) is 0 Å². The van der Waals surface area contributed by atoms with Gasteiger partial charge in [0, 0.05) is 24.5 Å². The van der Waals surface area contributed by atoms with Crippen molar-refractivity contribution in [3.63, 3.8) is 0 Å². The summed E-state index contributed by atoms with van der Waals surface area (Å²) in [6.45, 7) is 6.53. The van der Waals surface area contributed by atoms with E-state index in [0.717, 1.165) is 34.0 Å². The zero-order valence-corrected chi connectivity index (χ0v) is 17.1. The Morgan fingerprint density at radius 1 is 0.966 bits per heavy atom. The van der Waals surface area contributed by atoms with Crippen LogP contribution in [0.5, 0.6) is 5.75 Å². The van der Waals surface area contributed by atoms with Gasteiger partial charge in [0.15, 0.2) is 0 Å². The van der Waals surface area contributed by atoms with Gasteiger partial charge in [0.1, 0.15) is 5.75 Å². The normalized spacial score (nSPS) is 14.1. The van der Waals surface area contributed by atoms with Crippen molar-refractivity contribution in [2.75, 3.05) is 33.4 Å². The average molecular weight is 390 g/mol. The molecule has 0 atom stereocenters. The molecular formula is C24H26N2O3. The lowest BCUT2D eigenvalue weighted by atomic mass is 10.1. The van der Waals surface area contributed by atoms with Gasteiger partial charge in [0.05, 0.1) is 31.6 Å². The minimum Gasteiger partial charge on any atom is -0.497 e. The van der Waals surface area contributed by atoms with Crippen LogP contribution < -0.4 is 4.74 Å². The molecule has 0 bridgehead atoms. The van der Waals surface area contributed by atoms with E-state index in [1.165, 1.54) is 5.56 Å². The molecule has 0 unspecified atom stereocenters. The molecule has 4 rings (SSSR count). The van der Waals surface area contributed by atoms with Crippen molar-refractivity contribution in [2.24, 2.45) is 0 Å². The van der Waals surface area contributed by atoms with Crippen LogP contribution in [0.1, 0.15) is 21.6 Å². The minimum atomic E-state index is 0.0615. The van der Waals surface area contributed by atoms with Crippen LogP contribution in [0, 0.1) is 13.8 Å². The molecule has 0 radical (unpaired) electrons. The molecule has 0 aliphatic carbocycles. The summed E-state index contributed by atoms with van der Waals surface area (Å²) in [5, 5.41) is 0.